The fourth-order valence-corrected chi connectivity index (χ4v) is 1.65. The molecule has 0 aliphatic rings. The highest BCUT2D eigenvalue weighted by atomic mass is 35.5. The number of nitrogen functional groups attached to an aromatic ring is 1. The molecule has 2 aromatic rings. The third-order valence-electron chi connectivity index (χ3n) is 2.43. The van der Waals surface area contributed by atoms with Gasteiger partial charge in [-0.05, 0) is 30.3 Å². The lowest BCUT2D eigenvalue weighted by molar-refractivity contribution is -0.139. The molecule has 0 atom stereocenters. The second-order valence-corrected chi connectivity index (χ2v) is 4.28. The number of rotatable bonds is 2. The quantitative estimate of drug-likeness (QED) is 0.645. The van der Waals surface area contributed by atoms with E-state index < -0.39 is 17.6 Å². The molecule has 1 heterocycles. The van der Waals surface area contributed by atoms with Crippen molar-refractivity contribution < 1.29 is 17.6 Å². The Labute approximate surface area is 116 Å². The number of anilines is 3. The lowest BCUT2D eigenvalue weighted by atomic mass is 10.2. The Morgan fingerprint density at radius 1 is 1.15 bits per heavy atom. The van der Waals surface area contributed by atoms with Crippen molar-refractivity contribution in [2.75, 3.05) is 11.1 Å². The van der Waals surface area contributed by atoms with Crippen LogP contribution < -0.4 is 11.1 Å². The largest absolute Gasteiger partial charge is 0.419 e. The zero-order valence-corrected chi connectivity index (χ0v) is 10.6. The molecule has 0 aliphatic carbocycles. The number of pyridine rings is 1. The zero-order valence-electron chi connectivity index (χ0n) is 9.80. The molecule has 0 unspecified atom stereocenters. The molecule has 0 amide bonds. The van der Waals surface area contributed by atoms with Gasteiger partial charge in [-0.15, -0.1) is 0 Å². The molecule has 3 N–H and O–H groups in total. The van der Waals surface area contributed by atoms with Crippen molar-refractivity contribution in [3.05, 3.63) is 46.9 Å². The molecule has 0 bridgehead atoms. The maximum atomic E-state index is 13.1. The van der Waals surface area contributed by atoms with Crippen LogP contribution in [-0.2, 0) is 6.18 Å². The number of nitrogens with zero attached hydrogens (tertiary/aromatic N) is 1. The Balaban J connectivity index is 2.37. The molecule has 1 aromatic heterocycles. The van der Waals surface area contributed by atoms with E-state index in [1.807, 2.05) is 0 Å². The van der Waals surface area contributed by atoms with Crippen LogP contribution in [0.2, 0.25) is 5.15 Å². The van der Waals surface area contributed by atoms with Gasteiger partial charge in [-0.2, -0.15) is 13.2 Å². The van der Waals surface area contributed by atoms with Gasteiger partial charge in [0.15, 0.2) is 5.82 Å². The third kappa shape index (κ3) is 3.11. The standard InChI is InChI=1S/C12H8ClF4N3/c13-10-4-3-9(18)11(20-10)19-6-1-2-8(14)7(5-6)12(15,16)17/h1-5H,18H2,(H,19,20). The topological polar surface area (TPSA) is 50.9 Å². The Morgan fingerprint density at radius 3 is 2.50 bits per heavy atom. The van der Waals surface area contributed by atoms with E-state index in [4.69, 9.17) is 17.3 Å². The summed E-state index contributed by atoms with van der Waals surface area (Å²) in [6, 6.07) is 5.38. The van der Waals surface area contributed by atoms with Crippen LogP contribution in [0, 0.1) is 5.82 Å². The molecule has 0 saturated carbocycles. The second-order valence-electron chi connectivity index (χ2n) is 3.89. The van der Waals surface area contributed by atoms with Crippen molar-refractivity contribution in [1.82, 2.24) is 4.98 Å². The van der Waals surface area contributed by atoms with Gasteiger partial charge in [0.1, 0.15) is 11.0 Å². The summed E-state index contributed by atoms with van der Waals surface area (Å²) in [5.74, 6) is -1.26. The van der Waals surface area contributed by atoms with E-state index in [-0.39, 0.29) is 22.3 Å². The van der Waals surface area contributed by atoms with Crippen molar-refractivity contribution in [3.63, 3.8) is 0 Å². The first kappa shape index (κ1) is 14.4. The Morgan fingerprint density at radius 2 is 1.85 bits per heavy atom. The molecule has 0 fully saturated rings. The van der Waals surface area contributed by atoms with E-state index in [9.17, 15) is 17.6 Å². The highest BCUT2D eigenvalue weighted by molar-refractivity contribution is 6.29. The smallest absolute Gasteiger partial charge is 0.396 e. The van der Waals surface area contributed by atoms with Gasteiger partial charge in [0.05, 0.1) is 11.3 Å². The van der Waals surface area contributed by atoms with Gasteiger partial charge in [0, 0.05) is 5.69 Å². The van der Waals surface area contributed by atoms with Crippen LogP contribution >= 0.6 is 11.6 Å². The van der Waals surface area contributed by atoms with Gasteiger partial charge in [-0.3, -0.25) is 0 Å². The lowest BCUT2D eigenvalue weighted by Gasteiger charge is -2.12. The third-order valence-corrected chi connectivity index (χ3v) is 2.64. The number of halogens is 5. The summed E-state index contributed by atoms with van der Waals surface area (Å²) < 4.78 is 50.9. The van der Waals surface area contributed by atoms with Gasteiger partial charge in [-0.1, -0.05) is 11.6 Å². The van der Waals surface area contributed by atoms with Crippen molar-refractivity contribution in [1.29, 1.82) is 0 Å². The molecule has 106 valence electrons. The van der Waals surface area contributed by atoms with Gasteiger partial charge in [0.2, 0.25) is 0 Å². The minimum Gasteiger partial charge on any atom is -0.396 e. The monoisotopic (exact) mass is 305 g/mol. The minimum atomic E-state index is -4.78. The van der Waals surface area contributed by atoms with E-state index in [2.05, 4.69) is 10.3 Å². The summed E-state index contributed by atoms with van der Waals surface area (Å²) in [6.07, 6.45) is -4.78. The Bertz CT molecular complexity index is 643. The molecule has 20 heavy (non-hydrogen) atoms. The minimum absolute atomic E-state index is 0.000177. The number of aromatic nitrogens is 1. The Kier molecular flexibility index (Phi) is 3.71. The van der Waals surface area contributed by atoms with Crippen molar-refractivity contribution in [3.8, 4) is 0 Å². The molecule has 0 aliphatic heterocycles. The van der Waals surface area contributed by atoms with Crippen LogP contribution in [0.4, 0.5) is 34.8 Å². The molecule has 0 spiro atoms. The van der Waals surface area contributed by atoms with Crippen molar-refractivity contribution in [2.45, 2.75) is 6.18 Å². The van der Waals surface area contributed by atoms with Gasteiger partial charge in [0.25, 0.3) is 0 Å². The van der Waals surface area contributed by atoms with Gasteiger partial charge < -0.3 is 11.1 Å². The van der Waals surface area contributed by atoms with Crippen LogP contribution in [0.25, 0.3) is 0 Å². The summed E-state index contributed by atoms with van der Waals surface area (Å²) >= 11 is 5.67. The number of alkyl halides is 3. The molecular weight excluding hydrogens is 298 g/mol. The van der Waals surface area contributed by atoms with E-state index >= 15 is 0 Å². The highest BCUT2D eigenvalue weighted by Crippen LogP contribution is 2.34. The van der Waals surface area contributed by atoms with Crippen molar-refractivity contribution in [2.24, 2.45) is 0 Å². The zero-order chi connectivity index (χ0) is 14.9. The maximum absolute atomic E-state index is 13.1. The molecule has 1 aromatic carbocycles. The summed E-state index contributed by atoms with van der Waals surface area (Å²) in [7, 11) is 0. The van der Waals surface area contributed by atoms with E-state index in [1.165, 1.54) is 12.1 Å². The highest BCUT2D eigenvalue weighted by Gasteiger charge is 2.34. The van der Waals surface area contributed by atoms with Crippen LogP contribution in [0.15, 0.2) is 30.3 Å². The van der Waals surface area contributed by atoms with Crippen LogP contribution in [0.5, 0.6) is 0 Å². The van der Waals surface area contributed by atoms with Crippen molar-refractivity contribution >= 4 is 28.8 Å². The number of hydrogen-bond acceptors (Lipinski definition) is 3. The number of benzene rings is 1. The number of hydrogen-bond donors (Lipinski definition) is 2. The number of nitrogens with two attached hydrogens (primary N) is 1. The normalized spacial score (nSPS) is 11.4. The maximum Gasteiger partial charge on any atom is 0.419 e. The molecular formula is C12H8ClF4N3. The average Bonchev–Trinajstić information content (AvgIpc) is 2.35. The van der Waals surface area contributed by atoms with E-state index in [0.29, 0.717) is 12.1 Å². The first-order valence-electron chi connectivity index (χ1n) is 5.33. The van der Waals surface area contributed by atoms with Crippen LogP contribution in [0.1, 0.15) is 5.56 Å². The SMILES string of the molecule is Nc1ccc(Cl)nc1Nc1ccc(F)c(C(F)(F)F)c1. The molecule has 2 rings (SSSR count). The molecule has 0 radical (unpaired) electrons. The molecule has 3 nitrogen and oxygen atoms in total. The van der Waals surface area contributed by atoms with E-state index in [0.717, 1.165) is 6.07 Å². The van der Waals surface area contributed by atoms with Gasteiger partial charge >= 0.3 is 6.18 Å². The van der Waals surface area contributed by atoms with Crippen LogP contribution in [-0.4, -0.2) is 4.98 Å². The van der Waals surface area contributed by atoms with E-state index in [1.54, 1.807) is 0 Å². The molecule has 0 saturated heterocycles. The molecule has 8 heteroatoms. The summed E-state index contributed by atoms with van der Waals surface area (Å²) in [6.45, 7) is 0. The lowest BCUT2D eigenvalue weighted by Crippen LogP contribution is -2.09. The van der Waals surface area contributed by atoms with Crippen LogP contribution in [0.3, 0.4) is 0 Å². The fraction of sp³-hybridized carbons (Fsp3) is 0.0833. The Hall–Kier alpha value is -2.02. The second kappa shape index (κ2) is 5.16. The first-order chi connectivity index (χ1) is 9.27. The predicted molar refractivity (Wildman–Crippen MR) is 68.3 cm³/mol. The predicted octanol–water partition coefficient (Wildman–Crippen LogP) is 4.22. The summed E-state index contributed by atoms with van der Waals surface area (Å²) in [5.41, 5.74) is 4.44. The first-order valence-corrected chi connectivity index (χ1v) is 5.71. The summed E-state index contributed by atoms with van der Waals surface area (Å²) in [4.78, 5) is 3.84. The average molecular weight is 306 g/mol. The summed E-state index contributed by atoms with van der Waals surface area (Å²) in [5, 5.41) is 2.69. The van der Waals surface area contributed by atoms with Gasteiger partial charge in [-0.25, -0.2) is 9.37 Å². The fourth-order valence-electron chi connectivity index (χ4n) is 1.50. The number of nitrogens with one attached hydrogen (secondary N) is 1.